The summed E-state index contributed by atoms with van der Waals surface area (Å²) in [6.45, 7) is 5.36. The number of rotatable bonds is 5. The highest BCUT2D eigenvalue weighted by molar-refractivity contribution is 6.30. The maximum atomic E-state index is 6.20. The molecule has 2 aromatic carbocycles. The van der Waals surface area contributed by atoms with Gasteiger partial charge in [-0.1, -0.05) is 55.8 Å². The third-order valence-corrected chi connectivity index (χ3v) is 4.35. The van der Waals surface area contributed by atoms with E-state index in [1.807, 2.05) is 6.07 Å². The molecule has 21 heavy (non-hydrogen) atoms. The molecule has 1 aliphatic rings. The zero-order valence-corrected chi connectivity index (χ0v) is 13.5. The minimum Gasteiger partial charge on any atom is -0.310 e. The molecule has 1 fully saturated rings. The van der Waals surface area contributed by atoms with E-state index in [0.29, 0.717) is 5.92 Å². The lowest BCUT2D eigenvalue weighted by Crippen LogP contribution is -2.15. The van der Waals surface area contributed by atoms with Gasteiger partial charge in [0, 0.05) is 17.6 Å². The van der Waals surface area contributed by atoms with Crippen molar-refractivity contribution in [1.82, 2.24) is 5.32 Å². The summed E-state index contributed by atoms with van der Waals surface area (Å²) < 4.78 is 0. The van der Waals surface area contributed by atoms with Gasteiger partial charge in [-0.15, -0.1) is 0 Å². The minimum absolute atomic E-state index is 0.564. The Morgan fingerprint density at radius 1 is 1.10 bits per heavy atom. The van der Waals surface area contributed by atoms with Crippen molar-refractivity contribution in [3.63, 3.8) is 0 Å². The summed E-state index contributed by atoms with van der Waals surface area (Å²) >= 11 is 6.20. The Morgan fingerprint density at radius 2 is 1.81 bits per heavy atom. The van der Waals surface area contributed by atoms with Crippen LogP contribution in [0.5, 0.6) is 0 Å². The summed E-state index contributed by atoms with van der Waals surface area (Å²) in [5, 5.41) is 4.39. The monoisotopic (exact) mass is 299 g/mol. The molecule has 1 saturated carbocycles. The number of benzene rings is 2. The number of hydrogen-bond donors (Lipinski definition) is 1. The second-order valence-electron chi connectivity index (χ2n) is 6.23. The summed E-state index contributed by atoms with van der Waals surface area (Å²) in [6.07, 6.45) is 2.62. The highest BCUT2D eigenvalue weighted by Crippen LogP contribution is 2.29. The molecule has 0 bridgehead atoms. The topological polar surface area (TPSA) is 12.0 Å². The highest BCUT2D eigenvalue weighted by atomic mass is 35.5. The van der Waals surface area contributed by atoms with Gasteiger partial charge in [-0.25, -0.2) is 0 Å². The number of hydrogen-bond acceptors (Lipinski definition) is 1. The fourth-order valence-corrected chi connectivity index (χ4v) is 2.73. The van der Waals surface area contributed by atoms with Gasteiger partial charge in [-0.2, -0.15) is 0 Å². The van der Waals surface area contributed by atoms with Crippen LogP contribution in [-0.4, -0.2) is 6.04 Å². The maximum absolute atomic E-state index is 6.20. The van der Waals surface area contributed by atoms with E-state index in [1.54, 1.807) is 0 Å². The van der Waals surface area contributed by atoms with Crippen LogP contribution in [0.4, 0.5) is 0 Å². The van der Waals surface area contributed by atoms with Crippen LogP contribution in [0.15, 0.2) is 42.5 Å². The fourth-order valence-electron chi connectivity index (χ4n) is 2.56. The van der Waals surface area contributed by atoms with Gasteiger partial charge in [0.1, 0.15) is 0 Å². The number of nitrogens with one attached hydrogen (secondary N) is 1. The van der Waals surface area contributed by atoms with Crippen LogP contribution in [0.25, 0.3) is 11.1 Å². The Kier molecular flexibility index (Phi) is 4.32. The molecule has 0 aromatic heterocycles. The van der Waals surface area contributed by atoms with Gasteiger partial charge < -0.3 is 5.32 Å². The first kappa shape index (κ1) is 14.6. The normalized spacial score (nSPS) is 14.7. The molecule has 0 saturated heterocycles. The molecule has 0 radical (unpaired) electrons. The first-order valence-corrected chi connectivity index (χ1v) is 8.13. The van der Waals surface area contributed by atoms with Gasteiger partial charge in [-0.05, 0) is 53.1 Å². The van der Waals surface area contributed by atoms with E-state index < -0.39 is 0 Å². The minimum atomic E-state index is 0.564. The van der Waals surface area contributed by atoms with E-state index in [1.165, 1.54) is 35.1 Å². The Morgan fingerprint density at radius 3 is 2.43 bits per heavy atom. The third kappa shape index (κ3) is 3.66. The van der Waals surface area contributed by atoms with E-state index >= 15 is 0 Å². The van der Waals surface area contributed by atoms with Crippen LogP contribution < -0.4 is 5.32 Å². The molecule has 2 aromatic rings. The Labute approximate surface area is 132 Å². The van der Waals surface area contributed by atoms with Gasteiger partial charge in [-0.3, -0.25) is 0 Å². The molecule has 3 rings (SSSR count). The molecular weight excluding hydrogens is 278 g/mol. The molecule has 1 N–H and O–H groups in total. The summed E-state index contributed by atoms with van der Waals surface area (Å²) in [4.78, 5) is 0. The largest absolute Gasteiger partial charge is 0.310 e. The smallest absolute Gasteiger partial charge is 0.0412 e. The van der Waals surface area contributed by atoms with E-state index in [4.69, 9.17) is 11.6 Å². The first-order valence-electron chi connectivity index (χ1n) is 7.75. The summed E-state index contributed by atoms with van der Waals surface area (Å²) in [5.74, 6) is 0.564. The van der Waals surface area contributed by atoms with E-state index in [-0.39, 0.29) is 0 Å². The SMILES string of the molecule is CC(C)c1ccc(-c2cc(Cl)ccc2CNC2CC2)cc1. The second-order valence-corrected chi connectivity index (χ2v) is 6.67. The predicted molar refractivity (Wildman–Crippen MR) is 90.8 cm³/mol. The van der Waals surface area contributed by atoms with Gasteiger partial charge >= 0.3 is 0 Å². The molecule has 2 heteroatoms. The van der Waals surface area contributed by atoms with Crippen LogP contribution in [-0.2, 0) is 6.54 Å². The van der Waals surface area contributed by atoms with Crippen molar-refractivity contribution < 1.29 is 0 Å². The number of halogens is 1. The van der Waals surface area contributed by atoms with Crippen LogP contribution in [0.3, 0.4) is 0 Å². The lowest BCUT2D eigenvalue weighted by molar-refractivity contribution is 0.689. The molecular formula is C19H22ClN. The third-order valence-electron chi connectivity index (χ3n) is 4.12. The van der Waals surface area contributed by atoms with Crippen LogP contribution in [0.1, 0.15) is 43.7 Å². The zero-order valence-electron chi connectivity index (χ0n) is 12.7. The van der Waals surface area contributed by atoms with Gasteiger partial charge in [0.05, 0.1) is 0 Å². The standard InChI is InChI=1S/C19H22ClN/c1-13(2)14-3-5-15(6-4-14)19-11-17(20)8-7-16(19)12-21-18-9-10-18/h3-8,11,13,18,21H,9-10,12H2,1-2H3. The van der Waals surface area contributed by atoms with Crippen molar-refractivity contribution in [2.24, 2.45) is 0 Å². The average molecular weight is 300 g/mol. The Bertz CT molecular complexity index is 612. The van der Waals surface area contributed by atoms with Crippen LogP contribution >= 0.6 is 11.6 Å². The molecule has 0 spiro atoms. The summed E-state index contributed by atoms with van der Waals surface area (Å²) in [7, 11) is 0. The predicted octanol–water partition coefficient (Wildman–Crippen LogP) is 5.38. The molecule has 0 atom stereocenters. The van der Waals surface area contributed by atoms with E-state index in [9.17, 15) is 0 Å². The van der Waals surface area contributed by atoms with Crippen molar-refractivity contribution in [2.75, 3.05) is 0 Å². The molecule has 110 valence electrons. The molecule has 0 amide bonds. The van der Waals surface area contributed by atoms with E-state index in [2.05, 4.69) is 55.6 Å². The molecule has 0 unspecified atom stereocenters. The zero-order chi connectivity index (χ0) is 14.8. The lowest BCUT2D eigenvalue weighted by Gasteiger charge is -2.13. The highest BCUT2D eigenvalue weighted by Gasteiger charge is 2.20. The average Bonchev–Trinajstić information content (AvgIpc) is 3.30. The molecule has 0 heterocycles. The van der Waals surface area contributed by atoms with Crippen LogP contribution in [0, 0.1) is 0 Å². The van der Waals surface area contributed by atoms with Crippen LogP contribution in [0.2, 0.25) is 5.02 Å². The quantitative estimate of drug-likeness (QED) is 0.781. The van der Waals surface area contributed by atoms with Crippen molar-refractivity contribution in [3.05, 3.63) is 58.6 Å². The lowest BCUT2D eigenvalue weighted by atomic mass is 9.96. The van der Waals surface area contributed by atoms with Gasteiger partial charge in [0.15, 0.2) is 0 Å². The van der Waals surface area contributed by atoms with Crippen molar-refractivity contribution in [3.8, 4) is 11.1 Å². The molecule has 1 aliphatic carbocycles. The Balaban J connectivity index is 1.89. The van der Waals surface area contributed by atoms with Crippen molar-refractivity contribution >= 4 is 11.6 Å². The summed E-state index contributed by atoms with van der Waals surface area (Å²) in [5.41, 5.74) is 5.18. The fraction of sp³-hybridized carbons (Fsp3) is 0.368. The van der Waals surface area contributed by atoms with Crippen molar-refractivity contribution in [2.45, 2.75) is 45.2 Å². The maximum Gasteiger partial charge on any atom is 0.0412 e. The molecule has 0 aliphatic heterocycles. The van der Waals surface area contributed by atoms with Gasteiger partial charge in [0.25, 0.3) is 0 Å². The van der Waals surface area contributed by atoms with E-state index in [0.717, 1.165) is 17.6 Å². The summed E-state index contributed by atoms with van der Waals surface area (Å²) in [6, 6.07) is 15.8. The second kappa shape index (κ2) is 6.21. The molecule has 1 nitrogen and oxygen atoms in total. The first-order chi connectivity index (χ1) is 10.1. The Hall–Kier alpha value is -1.31. The van der Waals surface area contributed by atoms with Crippen molar-refractivity contribution in [1.29, 1.82) is 0 Å². The van der Waals surface area contributed by atoms with Gasteiger partial charge in [0.2, 0.25) is 0 Å².